The van der Waals surface area contributed by atoms with E-state index in [0.717, 1.165) is 11.8 Å². The number of carbonyl (C=O) groups excluding carboxylic acids is 1. The molecule has 0 saturated carbocycles. The maximum absolute atomic E-state index is 13.2. The molecule has 0 spiro atoms. The predicted molar refractivity (Wildman–Crippen MR) is 98.0 cm³/mol. The fraction of sp³-hybridized carbons (Fsp3) is 0.176. The fourth-order valence-electron chi connectivity index (χ4n) is 2.27. The van der Waals surface area contributed by atoms with Crippen molar-refractivity contribution in [3.8, 4) is 17.2 Å². The fourth-order valence-corrected chi connectivity index (χ4v) is 2.96. The highest BCUT2D eigenvalue weighted by atomic mass is 32.2. The Labute approximate surface area is 158 Å². The summed E-state index contributed by atoms with van der Waals surface area (Å²) in [7, 11) is 3.09. The summed E-state index contributed by atoms with van der Waals surface area (Å²) in [4.78, 5) is 12.1. The topological polar surface area (TPSA) is 91.2 Å². The first-order chi connectivity index (χ1) is 13.1. The van der Waals surface area contributed by atoms with Crippen LogP contribution in [-0.4, -0.2) is 46.1 Å². The lowest BCUT2D eigenvalue weighted by atomic mass is 10.3. The number of methoxy groups -OCH3 is 2. The molecule has 0 atom stereocenters. The van der Waals surface area contributed by atoms with Gasteiger partial charge < -0.3 is 14.8 Å². The van der Waals surface area contributed by atoms with Crippen LogP contribution in [0.2, 0.25) is 0 Å². The average molecular weight is 389 g/mol. The molecule has 10 heteroatoms. The third-order valence-electron chi connectivity index (χ3n) is 3.50. The number of nitrogens with one attached hydrogen (secondary N) is 1. The van der Waals surface area contributed by atoms with Crippen LogP contribution in [0.25, 0.3) is 5.69 Å². The highest BCUT2D eigenvalue weighted by molar-refractivity contribution is 7.99. The van der Waals surface area contributed by atoms with Crippen LogP contribution in [0.4, 0.5) is 10.1 Å². The second kappa shape index (κ2) is 8.49. The van der Waals surface area contributed by atoms with Crippen LogP contribution < -0.4 is 14.8 Å². The summed E-state index contributed by atoms with van der Waals surface area (Å²) in [6, 6.07) is 10.9. The Morgan fingerprint density at radius 2 is 2.07 bits per heavy atom. The van der Waals surface area contributed by atoms with E-state index in [1.807, 2.05) is 0 Å². The minimum atomic E-state index is -0.420. The summed E-state index contributed by atoms with van der Waals surface area (Å²) in [6.07, 6.45) is 0. The van der Waals surface area contributed by atoms with Gasteiger partial charge in [0.05, 0.1) is 20.0 Å². The number of benzene rings is 2. The number of anilines is 1. The van der Waals surface area contributed by atoms with E-state index >= 15 is 0 Å². The molecule has 0 fully saturated rings. The first-order valence-corrected chi connectivity index (χ1v) is 8.78. The molecule has 0 aliphatic rings. The first-order valence-electron chi connectivity index (χ1n) is 7.79. The van der Waals surface area contributed by atoms with Gasteiger partial charge in [0.25, 0.3) is 0 Å². The molecule has 3 aromatic rings. The second-order valence-electron chi connectivity index (χ2n) is 5.26. The molecule has 0 radical (unpaired) electrons. The summed E-state index contributed by atoms with van der Waals surface area (Å²) in [5.74, 6) is 0.480. The predicted octanol–water partition coefficient (Wildman–Crippen LogP) is 2.55. The number of thioether (sulfide) groups is 1. The van der Waals surface area contributed by atoms with Crippen molar-refractivity contribution in [2.75, 3.05) is 25.3 Å². The van der Waals surface area contributed by atoms with E-state index in [2.05, 4.69) is 20.8 Å². The molecule has 8 nitrogen and oxygen atoms in total. The van der Waals surface area contributed by atoms with Crippen LogP contribution in [-0.2, 0) is 4.79 Å². The molecule has 2 aromatic carbocycles. The SMILES string of the molecule is COc1ccc(-n2nnnc2SCC(=O)Nc2cccc(F)c2)c(OC)c1. The molecule has 27 heavy (non-hydrogen) atoms. The summed E-state index contributed by atoms with van der Waals surface area (Å²) in [5, 5.41) is 14.6. The molecule has 0 saturated heterocycles. The lowest BCUT2D eigenvalue weighted by molar-refractivity contribution is -0.113. The largest absolute Gasteiger partial charge is 0.497 e. The summed E-state index contributed by atoms with van der Waals surface area (Å²) in [6.45, 7) is 0. The van der Waals surface area contributed by atoms with Gasteiger partial charge in [-0.25, -0.2) is 4.39 Å². The second-order valence-corrected chi connectivity index (χ2v) is 6.20. The van der Waals surface area contributed by atoms with Gasteiger partial charge >= 0.3 is 0 Å². The Morgan fingerprint density at radius 1 is 1.22 bits per heavy atom. The minimum absolute atomic E-state index is 0.0509. The van der Waals surface area contributed by atoms with Crippen LogP contribution >= 0.6 is 11.8 Å². The van der Waals surface area contributed by atoms with E-state index in [1.165, 1.54) is 30.0 Å². The number of hydrogen-bond donors (Lipinski definition) is 1. The summed E-state index contributed by atoms with van der Waals surface area (Å²) < 4.78 is 25.2. The Bertz CT molecular complexity index is 950. The van der Waals surface area contributed by atoms with Gasteiger partial charge in [-0.3, -0.25) is 4.79 Å². The van der Waals surface area contributed by atoms with E-state index in [0.29, 0.717) is 28.0 Å². The van der Waals surface area contributed by atoms with Crippen molar-refractivity contribution in [2.45, 2.75) is 5.16 Å². The van der Waals surface area contributed by atoms with Crippen molar-refractivity contribution in [3.05, 3.63) is 48.3 Å². The van der Waals surface area contributed by atoms with Gasteiger partial charge in [-0.1, -0.05) is 17.8 Å². The van der Waals surface area contributed by atoms with Crippen molar-refractivity contribution in [2.24, 2.45) is 0 Å². The number of carbonyl (C=O) groups is 1. The van der Waals surface area contributed by atoms with Gasteiger partial charge in [0.15, 0.2) is 0 Å². The number of hydrogen-bond acceptors (Lipinski definition) is 7. The molecule has 140 valence electrons. The number of ether oxygens (including phenoxy) is 2. The molecule has 0 bridgehead atoms. The third kappa shape index (κ3) is 4.53. The van der Waals surface area contributed by atoms with Crippen LogP contribution in [0.5, 0.6) is 11.5 Å². The van der Waals surface area contributed by atoms with Crippen molar-refractivity contribution >= 4 is 23.4 Å². The molecule has 1 amide bonds. The molecule has 0 unspecified atom stereocenters. The third-order valence-corrected chi connectivity index (χ3v) is 4.42. The molecule has 1 N–H and O–H groups in total. The number of tetrazole rings is 1. The normalized spacial score (nSPS) is 10.5. The summed E-state index contributed by atoms with van der Waals surface area (Å²) >= 11 is 1.14. The van der Waals surface area contributed by atoms with E-state index in [1.54, 1.807) is 31.4 Å². The molecular formula is C17H16FN5O3S. The Hall–Kier alpha value is -3.14. The van der Waals surface area contributed by atoms with Crippen LogP contribution in [0, 0.1) is 5.82 Å². The zero-order valence-electron chi connectivity index (χ0n) is 14.5. The van der Waals surface area contributed by atoms with Crippen molar-refractivity contribution < 1.29 is 18.7 Å². The van der Waals surface area contributed by atoms with Gasteiger partial charge in [0.2, 0.25) is 11.1 Å². The number of rotatable bonds is 7. The molecule has 3 rings (SSSR count). The number of halogens is 1. The van der Waals surface area contributed by atoms with Gasteiger partial charge in [0, 0.05) is 11.8 Å². The maximum atomic E-state index is 13.2. The highest BCUT2D eigenvalue weighted by Crippen LogP contribution is 2.29. The van der Waals surface area contributed by atoms with E-state index in [-0.39, 0.29) is 11.7 Å². The van der Waals surface area contributed by atoms with Gasteiger partial charge in [-0.15, -0.1) is 5.10 Å². The van der Waals surface area contributed by atoms with Crippen LogP contribution in [0.15, 0.2) is 47.6 Å². The van der Waals surface area contributed by atoms with Gasteiger partial charge in [-0.05, 0) is 40.8 Å². The molecule has 0 aliphatic carbocycles. The zero-order valence-corrected chi connectivity index (χ0v) is 15.4. The Kier molecular flexibility index (Phi) is 5.87. The smallest absolute Gasteiger partial charge is 0.234 e. The average Bonchev–Trinajstić information content (AvgIpc) is 3.14. The highest BCUT2D eigenvalue weighted by Gasteiger charge is 2.16. The zero-order chi connectivity index (χ0) is 19.2. The van der Waals surface area contributed by atoms with Crippen molar-refractivity contribution in [1.29, 1.82) is 0 Å². The minimum Gasteiger partial charge on any atom is -0.497 e. The Balaban J connectivity index is 1.71. The van der Waals surface area contributed by atoms with Crippen molar-refractivity contribution in [1.82, 2.24) is 20.2 Å². The van der Waals surface area contributed by atoms with E-state index < -0.39 is 5.82 Å². The van der Waals surface area contributed by atoms with E-state index in [9.17, 15) is 9.18 Å². The molecule has 1 heterocycles. The standard InChI is InChI=1S/C17H16FN5O3S/c1-25-13-6-7-14(15(9-13)26-2)23-17(20-21-22-23)27-10-16(24)19-12-5-3-4-11(18)8-12/h3-9H,10H2,1-2H3,(H,19,24). The lowest BCUT2D eigenvalue weighted by Crippen LogP contribution is -2.14. The lowest BCUT2D eigenvalue weighted by Gasteiger charge is -2.11. The number of nitrogens with zero attached hydrogens (tertiary/aromatic N) is 4. The first kappa shape index (κ1) is 18.6. The van der Waals surface area contributed by atoms with Crippen LogP contribution in [0.1, 0.15) is 0 Å². The maximum Gasteiger partial charge on any atom is 0.234 e. The van der Waals surface area contributed by atoms with Crippen molar-refractivity contribution in [3.63, 3.8) is 0 Å². The summed E-state index contributed by atoms with van der Waals surface area (Å²) in [5.41, 5.74) is 0.994. The van der Waals surface area contributed by atoms with Gasteiger partial charge in [0.1, 0.15) is 23.0 Å². The van der Waals surface area contributed by atoms with Crippen LogP contribution in [0.3, 0.4) is 0 Å². The molecular weight excluding hydrogens is 373 g/mol. The molecule has 1 aromatic heterocycles. The number of aromatic nitrogens is 4. The monoisotopic (exact) mass is 389 g/mol. The van der Waals surface area contributed by atoms with Gasteiger partial charge in [-0.2, -0.15) is 4.68 Å². The number of amides is 1. The quantitative estimate of drug-likeness (QED) is 0.621. The molecule has 0 aliphatic heterocycles. The Morgan fingerprint density at radius 3 is 2.81 bits per heavy atom. The van der Waals surface area contributed by atoms with E-state index in [4.69, 9.17) is 9.47 Å².